The van der Waals surface area contributed by atoms with Crippen molar-refractivity contribution in [2.75, 3.05) is 0 Å². The minimum atomic E-state index is -0.203. The van der Waals surface area contributed by atoms with Crippen LogP contribution < -0.4 is 5.32 Å². The minimum Gasteiger partial charge on any atom is -0.308 e. The molecule has 0 bridgehead atoms. The Labute approximate surface area is 119 Å². The van der Waals surface area contributed by atoms with Crippen molar-refractivity contribution in [2.45, 2.75) is 32.0 Å². The Kier molecular flexibility index (Phi) is 3.66. The molecule has 1 saturated carbocycles. The van der Waals surface area contributed by atoms with E-state index < -0.39 is 0 Å². The molecule has 1 aliphatic rings. The van der Waals surface area contributed by atoms with E-state index in [9.17, 15) is 4.39 Å². The summed E-state index contributed by atoms with van der Waals surface area (Å²) in [5.74, 6) is -0.203. The molecule has 0 amide bonds. The van der Waals surface area contributed by atoms with E-state index in [1.807, 2.05) is 16.8 Å². The van der Waals surface area contributed by atoms with E-state index in [1.54, 1.807) is 12.3 Å². The molecule has 5 heteroatoms. The molecule has 0 atom stereocenters. The fraction of sp³-hybridized carbons (Fsp3) is 0.357. The highest BCUT2D eigenvalue weighted by atomic mass is 79.9. The van der Waals surface area contributed by atoms with Crippen LogP contribution in [0.3, 0.4) is 0 Å². The molecule has 0 unspecified atom stereocenters. The number of nitrogens with zero attached hydrogens (tertiary/aromatic N) is 2. The Bertz CT molecular complexity index is 578. The fourth-order valence-electron chi connectivity index (χ4n) is 2.00. The highest BCUT2D eigenvalue weighted by molar-refractivity contribution is 9.10. The van der Waals surface area contributed by atoms with Crippen molar-refractivity contribution in [2.24, 2.45) is 0 Å². The summed E-state index contributed by atoms with van der Waals surface area (Å²) in [7, 11) is 0. The minimum absolute atomic E-state index is 0.203. The van der Waals surface area contributed by atoms with Crippen LogP contribution in [0.1, 0.15) is 24.1 Å². The number of nitrogens with one attached hydrogen (secondary N) is 1. The van der Waals surface area contributed by atoms with Crippen LogP contribution in [-0.4, -0.2) is 15.8 Å². The highest BCUT2D eigenvalue weighted by Gasteiger charge is 2.20. The average Bonchev–Trinajstić information content (AvgIpc) is 3.11. The molecule has 2 aromatic rings. The van der Waals surface area contributed by atoms with Crippen molar-refractivity contribution >= 4 is 15.9 Å². The maximum absolute atomic E-state index is 13.8. The summed E-state index contributed by atoms with van der Waals surface area (Å²) in [6, 6.07) is 7.77. The second-order valence-electron chi connectivity index (χ2n) is 4.87. The van der Waals surface area contributed by atoms with Crippen LogP contribution in [0.15, 0.2) is 34.9 Å². The predicted molar refractivity (Wildman–Crippen MR) is 75.3 cm³/mol. The third-order valence-electron chi connectivity index (χ3n) is 3.29. The van der Waals surface area contributed by atoms with E-state index in [1.165, 1.54) is 18.9 Å². The lowest BCUT2D eigenvalue weighted by molar-refractivity contribution is 0.559. The monoisotopic (exact) mass is 323 g/mol. The molecule has 1 aromatic carbocycles. The normalized spacial score (nSPS) is 14.8. The standard InChI is InChI=1S/C14H15BrFN3/c15-11-2-1-10(14(16)7-11)9-19-13(5-6-18-19)8-17-12-3-4-12/h1-2,5-7,12,17H,3-4,8-9H2. The van der Waals surface area contributed by atoms with Gasteiger partial charge in [-0.1, -0.05) is 22.0 Å². The molecule has 19 heavy (non-hydrogen) atoms. The van der Waals surface area contributed by atoms with E-state index in [0.29, 0.717) is 18.2 Å². The van der Waals surface area contributed by atoms with Crippen LogP contribution in [0.2, 0.25) is 0 Å². The number of hydrogen-bond donors (Lipinski definition) is 1. The van der Waals surface area contributed by atoms with E-state index in [2.05, 4.69) is 26.3 Å². The van der Waals surface area contributed by atoms with E-state index >= 15 is 0 Å². The smallest absolute Gasteiger partial charge is 0.129 e. The van der Waals surface area contributed by atoms with Gasteiger partial charge in [0.2, 0.25) is 0 Å². The van der Waals surface area contributed by atoms with Crippen LogP contribution >= 0.6 is 15.9 Å². The van der Waals surface area contributed by atoms with Crippen molar-refractivity contribution in [1.82, 2.24) is 15.1 Å². The first-order valence-electron chi connectivity index (χ1n) is 6.40. The lowest BCUT2D eigenvalue weighted by atomic mass is 10.2. The van der Waals surface area contributed by atoms with Gasteiger partial charge in [0, 0.05) is 28.8 Å². The molecule has 1 aliphatic carbocycles. The van der Waals surface area contributed by atoms with E-state index in [0.717, 1.165) is 16.7 Å². The third kappa shape index (κ3) is 3.22. The summed E-state index contributed by atoms with van der Waals surface area (Å²) in [5.41, 5.74) is 1.74. The number of rotatable bonds is 5. The van der Waals surface area contributed by atoms with Crippen LogP contribution in [0.25, 0.3) is 0 Å². The van der Waals surface area contributed by atoms with Crippen molar-refractivity contribution in [3.63, 3.8) is 0 Å². The summed E-state index contributed by atoms with van der Waals surface area (Å²) in [6.07, 6.45) is 4.28. The van der Waals surface area contributed by atoms with Gasteiger partial charge in [0.1, 0.15) is 5.82 Å². The number of hydrogen-bond acceptors (Lipinski definition) is 2. The molecule has 0 saturated heterocycles. The molecule has 0 radical (unpaired) electrons. The lowest BCUT2D eigenvalue weighted by Crippen LogP contribution is -2.19. The molecule has 1 heterocycles. The first-order chi connectivity index (χ1) is 9.22. The van der Waals surface area contributed by atoms with Gasteiger partial charge in [-0.15, -0.1) is 0 Å². The Morgan fingerprint density at radius 3 is 2.95 bits per heavy atom. The van der Waals surface area contributed by atoms with Crippen molar-refractivity contribution in [1.29, 1.82) is 0 Å². The van der Waals surface area contributed by atoms with Gasteiger partial charge in [0.05, 0.1) is 12.2 Å². The van der Waals surface area contributed by atoms with Gasteiger partial charge in [-0.2, -0.15) is 5.10 Å². The number of aromatic nitrogens is 2. The zero-order chi connectivity index (χ0) is 13.2. The average molecular weight is 324 g/mol. The molecular formula is C14H15BrFN3. The Hall–Kier alpha value is -1.20. The molecular weight excluding hydrogens is 309 g/mol. The molecule has 0 aliphatic heterocycles. The molecule has 1 N–H and O–H groups in total. The predicted octanol–water partition coefficient (Wildman–Crippen LogP) is 3.09. The summed E-state index contributed by atoms with van der Waals surface area (Å²) in [6.45, 7) is 1.26. The fourth-order valence-corrected chi connectivity index (χ4v) is 2.33. The first-order valence-corrected chi connectivity index (χ1v) is 7.19. The zero-order valence-electron chi connectivity index (χ0n) is 10.4. The Balaban J connectivity index is 1.73. The first kappa shape index (κ1) is 12.8. The van der Waals surface area contributed by atoms with E-state index in [-0.39, 0.29) is 5.82 Å². The second-order valence-corrected chi connectivity index (χ2v) is 5.79. The van der Waals surface area contributed by atoms with Gasteiger partial charge in [-0.05, 0) is 31.0 Å². The van der Waals surface area contributed by atoms with Gasteiger partial charge >= 0.3 is 0 Å². The van der Waals surface area contributed by atoms with Gasteiger partial charge in [-0.3, -0.25) is 4.68 Å². The Morgan fingerprint density at radius 2 is 2.21 bits per heavy atom. The molecule has 100 valence electrons. The maximum Gasteiger partial charge on any atom is 0.129 e. The molecule has 1 fully saturated rings. The zero-order valence-corrected chi connectivity index (χ0v) is 12.0. The molecule has 1 aromatic heterocycles. The lowest BCUT2D eigenvalue weighted by Gasteiger charge is -2.09. The molecule has 3 nitrogen and oxygen atoms in total. The SMILES string of the molecule is Fc1cc(Br)ccc1Cn1nccc1CNC1CC1. The van der Waals surface area contributed by atoms with Gasteiger partial charge in [0.25, 0.3) is 0 Å². The van der Waals surface area contributed by atoms with Crippen LogP contribution in [0.5, 0.6) is 0 Å². The summed E-state index contributed by atoms with van der Waals surface area (Å²) in [4.78, 5) is 0. The summed E-state index contributed by atoms with van der Waals surface area (Å²) >= 11 is 3.26. The summed E-state index contributed by atoms with van der Waals surface area (Å²) in [5, 5.41) is 7.72. The summed E-state index contributed by atoms with van der Waals surface area (Å²) < 4.78 is 16.4. The van der Waals surface area contributed by atoms with Crippen molar-refractivity contribution in [3.05, 3.63) is 52.0 Å². The molecule has 0 spiro atoms. The van der Waals surface area contributed by atoms with Crippen LogP contribution in [-0.2, 0) is 13.1 Å². The van der Waals surface area contributed by atoms with Gasteiger partial charge in [-0.25, -0.2) is 4.39 Å². The van der Waals surface area contributed by atoms with Gasteiger partial charge < -0.3 is 5.32 Å². The quantitative estimate of drug-likeness (QED) is 0.916. The maximum atomic E-state index is 13.8. The second kappa shape index (κ2) is 5.43. The molecule has 3 rings (SSSR count). The number of halogens is 2. The van der Waals surface area contributed by atoms with Crippen molar-refractivity contribution in [3.8, 4) is 0 Å². The third-order valence-corrected chi connectivity index (χ3v) is 3.78. The van der Waals surface area contributed by atoms with Crippen LogP contribution in [0, 0.1) is 5.82 Å². The Morgan fingerprint density at radius 1 is 1.37 bits per heavy atom. The van der Waals surface area contributed by atoms with Crippen LogP contribution in [0.4, 0.5) is 4.39 Å². The van der Waals surface area contributed by atoms with E-state index in [4.69, 9.17) is 0 Å². The largest absolute Gasteiger partial charge is 0.308 e. The van der Waals surface area contributed by atoms with Gasteiger partial charge in [0.15, 0.2) is 0 Å². The number of benzene rings is 1. The highest BCUT2D eigenvalue weighted by Crippen LogP contribution is 2.20. The topological polar surface area (TPSA) is 29.9 Å². The van der Waals surface area contributed by atoms with Crippen molar-refractivity contribution < 1.29 is 4.39 Å².